The Bertz CT molecular complexity index is 352. The van der Waals surface area contributed by atoms with Crippen LogP contribution in [-0.2, 0) is 12.8 Å². The lowest BCUT2D eigenvalue weighted by Crippen LogP contribution is -2.37. The Hall–Kier alpha value is -1.02. The molecule has 1 N–H and O–H groups in total. The Balaban J connectivity index is 2.60. The van der Waals surface area contributed by atoms with E-state index in [1.54, 1.807) is 7.11 Å². The minimum atomic E-state index is 0.195. The zero-order valence-corrected chi connectivity index (χ0v) is 11.8. The molecular formula is C15H25NO. The highest BCUT2D eigenvalue weighted by atomic mass is 16.5. The monoisotopic (exact) mass is 235 g/mol. The highest BCUT2D eigenvalue weighted by molar-refractivity contribution is 5.37. The second kappa shape index (κ2) is 6.06. The van der Waals surface area contributed by atoms with E-state index in [0.717, 1.165) is 25.1 Å². The first-order valence-corrected chi connectivity index (χ1v) is 6.37. The van der Waals surface area contributed by atoms with Crippen LogP contribution >= 0.6 is 0 Å². The van der Waals surface area contributed by atoms with Crippen molar-refractivity contribution >= 4 is 0 Å². The van der Waals surface area contributed by atoms with Crippen molar-refractivity contribution in [2.24, 2.45) is 0 Å². The third-order valence-corrected chi connectivity index (χ3v) is 2.79. The van der Waals surface area contributed by atoms with E-state index in [0.29, 0.717) is 0 Å². The average Bonchev–Trinajstić information content (AvgIpc) is 2.27. The number of ether oxygens (including phenoxy) is 1. The number of rotatable bonds is 5. The van der Waals surface area contributed by atoms with Crippen molar-refractivity contribution in [2.75, 3.05) is 13.7 Å². The molecule has 0 spiro atoms. The molecule has 96 valence electrons. The van der Waals surface area contributed by atoms with E-state index >= 15 is 0 Å². The molecular weight excluding hydrogens is 210 g/mol. The van der Waals surface area contributed by atoms with E-state index in [-0.39, 0.29) is 5.54 Å². The van der Waals surface area contributed by atoms with Crippen molar-refractivity contribution in [3.05, 3.63) is 29.3 Å². The third kappa shape index (κ3) is 4.78. The molecule has 0 radical (unpaired) electrons. The fourth-order valence-electron chi connectivity index (χ4n) is 1.85. The summed E-state index contributed by atoms with van der Waals surface area (Å²) in [7, 11) is 1.73. The maximum absolute atomic E-state index is 5.33. The van der Waals surface area contributed by atoms with Gasteiger partial charge in [0.2, 0.25) is 0 Å². The summed E-state index contributed by atoms with van der Waals surface area (Å²) in [4.78, 5) is 0. The van der Waals surface area contributed by atoms with Crippen molar-refractivity contribution in [2.45, 2.75) is 46.1 Å². The highest BCUT2D eigenvalue weighted by Gasteiger charge is 2.08. The SMILES string of the molecule is CCc1cc(CCNC(C)(C)C)ccc1OC. The Kier molecular flexibility index (Phi) is 5.01. The molecule has 0 unspecified atom stereocenters. The molecule has 1 rings (SSSR count). The third-order valence-electron chi connectivity index (χ3n) is 2.79. The molecule has 0 saturated carbocycles. The molecule has 0 bridgehead atoms. The summed E-state index contributed by atoms with van der Waals surface area (Å²) >= 11 is 0. The van der Waals surface area contributed by atoms with Gasteiger partial charge in [-0.1, -0.05) is 19.1 Å². The summed E-state index contributed by atoms with van der Waals surface area (Å²) < 4.78 is 5.33. The molecule has 2 heteroatoms. The van der Waals surface area contributed by atoms with Crippen molar-refractivity contribution in [1.82, 2.24) is 5.32 Å². The maximum Gasteiger partial charge on any atom is 0.122 e. The van der Waals surface area contributed by atoms with E-state index in [1.165, 1.54) is 11.1 Å². The first-order chi connectivity index (χ1) is 7.96. The standard InChI is InChI=1S/C15H25NO/c1-6-13-11-12(7-8-14(13)17-5)9-10-16-15(2,3)4/h7-8,11,16H,6,9-10H2,1-5H3. The van der Waals surface area contributed by atoms with Crippen LogP contribution in [0.4, 0.5) is 0 Å². The summed E-state index contributed by atoms with van der Waals surface area (Å²) in [6.45, 7) is 9.75. The second-order valence-electron chi connectivity index (χ2n) is 5.43. The Morgan fingerprint density at radius 2 is 1.94 bits per heavy atom. The van der Waals surface area contributed by atoms with E-state index in [1.807, 2.05) is 0 Å². The minimum Gasteiger partial charge on any atom is -0.496 e. The molecule has 0 atom stereocenters. The van der Waals surface area contributed by atoms with Crippen LogP contribution in [0, 0.1) is 0 Å². The lowest BCUT2D eigenvalue weighted by Gasteiger charge is -2.20. The van der Waals surface area contributed by atoms with Crippen LogP contribution in [0.2, 0.25) is 0 Å². The largest absolute Gasteiger partial charge is 0.496 e. The quantitative estimate of drug-likeness (QED) is 0.846. The maximum atomic E-state index is 5.33. The fourth-order valence-corrected chi connectivity index (χ4v) is 1.85. The van der Waals surface area contributed by atoms with Gasteiger partial charge >= 0.3 is 0 Å². The highest BCUT2D eigenvalue weighted by Crippen LogP contribution is 2.20. The van der Waals surface area contributed by atoms with Crippen LogP contribution in [-0.4, -0.2) is 19.2 Å². The minimum absolute atomic E-state index is 0.195. The zero-order valence-electron chi connectivity index (χ0n) is 11.8. The summed E-state index contributed by atoms with van der Waals surface area (Å²) in [5, 5.41) is 3.51. The number of benzene rings is 1. The zero-order chi connectivity index (χ0) is 12.9. The van der Waals surface area contributed by atoms with E-state index in [2.05, 4.69) is 51.2 Å². The number of hydrogen-bond donors (Lipinski definition) is 1. The summed E-state index contributed by atoms with van der Waals surface area (Å²) in [6, 6.07) is 6.48. The topological polar surface area (TPSA) is 21.3 Å². The predicted molar refractivity (Wildman–Crippen MR) is 73.8 cm³/mol. The molecule has 0 aliphatic carbocycles. The molecule has 0 fully saturated rings. The molecule has 0 aromatic heterocycles. The number of methoxy groups -OCH3 is 1. The van der Waals surface area contributed by atoms with Crippen molar-refractivity contribution in [1.29, 1.82) is 0 Å². The summed E-state index contributed by atoms with van der Waals surface area (Å²) in [5.74, 6) is 1.00. The van der Waals surface area contributed by atoms with E-state index < -0.39 is 0 Å². The number of nitrogens with one attached hydrogen (secondary N) is 1. The molecule has 2 nitrogen and oxygen atoms in total. The normalized spacial score (nSPS) is 11.6. The first-order valence-electron chi connectivity index (χ1n) is 6.37. The molecule has 0 aliphatic rings. The van der Waals surface area contributed by atoms with Gasteiger partial charge in [-0.15, -0.1) is 0 Å². The van der Waals surface area contributed by atoms with Gasteiger partial charge in [-0.2, -0.15) is 0 Å². The van der Waals surface area contributed by atoms with Gasteiger partial charge in [-0.05, 0) is 57.4 Å². The molecule has 1 aromatic rings. The van der Waals surface area contributed by atoms with Gasteiger partial charge in [0.25, 0.3) is 0 Å². The van der Waals surface area contributed by atoms with Gasteiger partial charge in [-0.3, -0.25) is 0 Å². The van der Waals surface area contributed by atoms with E-state index in [4.69, 9.17) is 4.74 Å². The van der Waals surface area contributed by atoms with Crippen LogP contribution in [0.15, 0.2) is 18.2 Å². The van der Waals surface area contributed by atoms with Crippen molar-refractivity contribution < 1.29 is 4.74 Å². The average molecular weight is 235 g/mol. The van der Waals surface area contributed by atoms with Crippen LogP contribution in [0.3, 0.4) is 0 Å². The Morgan fingerprint density at radius 3 is 2.47 bits per heavy atom. The Labute approximate surface area is 105 Å². The number of hydrogen-bond acceptors (Lipinski definition) is 2. The second-order valence-corrected chi connectivity index (χ2v) is 5.43. The van der Waals surface area contributed by atoms with Gasteiger partial charge in [0.15, 0.2) is 0 Å². The Morgan fingerprint density at radius 1 is 1.24 bits per heavy atom. The summed E-state index contributed by atoms with van der Waals surface area (Å²) in [6.07, 6.45) is 2.08. The molecule has 0 amide bonds. The van der Waals surface area contributed by atoms with Gasteiger partial charge in [0, 0.05) is 5.54 Å². The van der Waals surface area contributed by atoms with Crippen LogP contribution in [0.1, 0.15) is 38.8 Å². The van der Waals surface area contributed by atoms with Gasteiger partial charge in [0.05, 0.1) is 7.11 Å². The lowest BCUT2D eigenvalue weighted by atomic mass is 10.0. The van der Waals surface area contributed by atoms with Crippen LogP contribution < -0.4 is 10.1 Å². The van der Waals surface area contributed by atoms with Gasteiger partial charge in [-0.25, -0.2) is 0 Å². The molecule has 0 aliphatic heterocycles. The first kappa shape index (κ1) is 14.0. The van der Waals surface area contributed by atoms with Gasteiger partial charge in [0.1, 0.15) is 5.75 Å². The van der Waals surface area contributed by atoms with Crippen molar-refractivity contribution in [3.8, 4) is 5.75 Å². The van der Waals surface area contributed by atoms with E-state index in [9.17, 15) is 0 Å². The molecule has 1 aromatic carbocycles. The van der Waals surface area contributed by atoms with Crippen LogP contribution in [0.25, 0.3) is 0 Å². The predicted octanol–water partition coefficient (Wildman–Crippen LogP) is 3.19. The van der Waals surface area contributed by atoms with Crippen LogP contribution in [0.5, 0.6) is 5.75 Å². The molecule has 0 saturated heterocycles. The smallest absolute Gasteiger partial charge is 0.122 e. The fraction of sp³-hybridized carbons (Fsp3) is 0.600. The van der Waals surface area contributed by atoms with Gasteiger partial charge < -0.3 is 10.1 Å². The lowest BCUT2D eigenvalue weighted by molar-refractivity contribution is 0.409. The molecule has 17 heavy (non-hydrogen) atoms. The van der Waals surface area contributed by atoms with Crippen molar-refractivity contribution in [3.63, 3.8) is 0 Å². The summed E-state index contributed by atoms with van der Waals surface area (Å²) in [5.41, 5.74) is 2.86. The number of aryl methyl sites for hydroxylation is 1. The molecule has 0 heterocycles.